The first-order valence-electron chi connectivity index (χ1n) is 7.30. The van der Waals surface area contributed by atoms with E-state index in [4.69, 9.17) is 4.74 Å². The van der Waals surface area contributed by atoms with Crippen molar-refractivity contribution in [3.8, 4) is 0 Å². The Bertz CT molecular complexity index is 708. The summed E-state index contributed by atoms with van der Waals surface area (Å²) in [6.07, 6.45) is -3.10. The maximum atomic E-state index is 11.7. The molecule has 1 aromatic heterocycles. The average molecular weight is 321 g/mol. The third-order valence-corrected chi connectivity index (χ3v) is 3.31. The highest BCUT2D eigenvalue weighted by Gasteiger charge is 2.27. The van der Waals surface area contributed by atoms with Crippen molar-refractivity contribution in [2.45, 2.75) is 26.1 Å². The summed E-state index contributed by atoms with van der Waals surface area (Å²) >= 11 is 0. The highest BCUT2D eigenvalue weighted by Crippen LogP contribution is 2.24. The third-order valence-electron chi connectivity index (χ3n) is 3.31. The van der Waals surface area contributed by atoms with Gasteiger partial charge in [-0.3, -0.25) is 0 Å². The van der Waals surface area contributed by atoms with E-state index in [9.17, 15) is 19.8 Å². The summed E-state index contributed by atoms with van der Waals surface area (Å²) in [6, 6.07) is 6.43. The normalized spacial score (nSPS) is 13.6. The molecule has 0 aliphatic heterocycles. The summed E-state index contributed by atoms with van der Waals surface area (Å²) in [5.74, 6) is -1.36. The van der Waals surface area contributed by atoms with Crippen molar-refractivity contribution in [2.75, 3.05) is 13.2 Å². The molecule has 3 N–H and O–H groups in total. The van der Waals surface area contributed by atoms with E-state index in [0.717, 1.165) is 5.39 Å². The van der Waals surface area contributed by atoms with Gasteiger partial charge in [-0.05, 0) is 31.5 Å². The number of esters is 2. The molecule has 0 amide bonds. The number of benzene rings is 1. The molecule has 2 rings (SSSR count). The number of hydrogen-bond acceptors (Lipinski definition) is 6. The minimum Gasteiger partial charge on any atom is -0.464 e. The van der Waals surface area contributed by atoms with Crippen molar-refractivity contribution < 1.29 is 29.3 Å². The molecule has 1 aromatic carbocycles. The molecule has 0 saturated heterocycles. The van der Waals surface area contributed by atoms with Crippen LogP contribution in [-0.2, 0) is 14.3 Å². The molecule has 23 heavy (non-hydrogen) atoms. The van der Waals surface area contributed by atoms with Crippen LogP contribution in [0.2, 0.25) is 0 Å². The number of aromatic amines is 1. The number of fused-ring (bicyclic) bond motifs is 1. The Hall–Kier alpha value is -2.38. The molecule has 2 unspecified atom stereocenters. The number of carbonyl (C=O) groups excluding carboxylic acids is 2. The minimum atomic E-state index is -1.67. The molecule has 2 atom stereocenters. The molecule has 0 bridgehead atoms. The summed E-state index contributed by atoms with van der Waals surface area (Å²) in [6.45, 7) is 3.70. The number of aromatic nitrogens is 1. The Kier molecular flexibility index (Phi) is 5.36. The van der Waals surface area contributed by atoms with E-state index in [2.05, 4.69) is 9.72 Å². The van der Waals surface area contributed by atoms with Crippen molar-refractivity contribution in [2.24, 2.45) is 0 Å². The van der Waals surface area contributed by atoms with Gasteiger partial charge >= 0.3 is 11.9 Å². The van der Waals surface area contributed by atoms with Crippen molar-refractivity contribution in [1.82, 2.24) is 4.98 Å². The van der Waals surface area contributed by atoms with Crippen molar-refractivity contribution in [3.05, 3.63) is 35.5 Å². The van der Waals surface area contributed by atoms with Crippen molar-refractivity contribution in [1.29, 1.82) is 0 Å². The average Bonchev–Trinajstić information content (AvgIpc) is 2.97. The molecule has 0 aliphatic carbocycles. The fourth-order valence-electron chi connectivity index (χ4n) is 2.19. The van der Waals surface area contributed by atoms with E-state index in [-0.39, 0.29) is 13.2 Å². The SMILES string of the molecule is CCOC(=O)c1cc2ccc(C(O)C(O)C(=O)OCC)cc2[nH]1. The van der Waals surface area contributed by atoms with Crippen LogP contribution in [0.3, 0.4) is 0 Å². The van der Waals surface area contributed by atoms with Crippen LogP contribution in [0.25, 0.3) is 10.9 Å². The van der Waals surface area contributed by atoms with Gasteiger partial charge in [0, 0.05) is 10.9 Å². The molecular formula is C16H19NO6. The van der Waals surface area contributed by atoms with E-state index in [0.29, 0.717) is 16.8 Å². The second-order valence-electron chi connectivity index (χ2n) is 4.89. The van der Waals surface area contributed by atoms with Crippen molar-refractivity contribution >= 4 is 22.8 Å². The first-order valence-corrected chi connectivity index (χ1v) is 7.30. The molecule has 0 spiro atoms. The molecule has 2 aromatic rings. The van der Waals surface area contributed by atoms with Gasteiger partial charge in [0.15, 0.2) is 6.10 Å². The van der Waals surface area contributed by atoms with Gasteiger partial charge in [0.05, 0.1) is 13.2 Å². The largest absolute Gasteiger partial charge is 0.464 e. The van der Waals surface area contributed by atoms with Crippen LogP contribution in [0, 0.1) is 0 Å². The molecular weight excluding hydrogens is 302 g/mol. The molecule has 0 saturated carbocycles. The Morgan fingerprint density at radius 2 is 1.83 bits per heavy atom. The zero-order valence-electron chi connectivity index (χ0n) is 12.9. The Balaban J connectivity index is 2.25. The number of ether oxygens (including phenoxy) is 2. The third kappa shape index (κ3) is 3.69. The molecule has 124 valence electrons. The summed E-state index contributed by atoms with van der Waals surface area (Å²) < 4.78 is 9.59. The highest BCUT2D eigenvalue weighted by atomic mass is 16.5. The van der Waals surface area contributed by atoms with E-state index in [1.165, 1.54) is 0 Å². The number of hydrogen-bond donors (Lipinski definition) is 3. The van der Waals surface area contributed by atoms with Gasteiger partial charge in [-0.25, -0.2) is 9.59 Å². The number of aliphatic hydroxyl groups excluding tert-OH is 2. The second-order valence-corrected chi connectivity index (χ2v) is 4.89. The van der Waals surface area contributed by atoms with Crippen LogP contribution in [0.4, 0.5) is 0 Å². The summed E-state index contributed by atoms with van der Waals surface area (Å²) in [5, 5.41) is 20.6. The van der Waals surface area contributed by atoms with Crippen LogP contribution >= 0.6 is 0 Å². The molecule has 7 nitrogen and oxygen atoms in total. The van der Waals surface area contributed by atoms with Gasteiger partial charge in [0.25, 0.3) is 0 Å². The lowest BCUT2D eigenvalue weighted by Gasteiger charge is -2.16. The summed E-state index contributed by atoms with van der Waals surface area (Å²) in [5.41, 5.74) is 1.20. The van der Waals surface area contributed by atoms with E-state index in [1.807, 2.05) is 0 Å². The van der Waals surface area contributed by atoms with Crippen LogP contribution in [-0.4, -0.2) is 46.5 Å². The molecule has 1 heterocycles. The number of nitrogens with one attached hydrogen (secondary N) is 1. The number of aliphatic hydroxyl groups is 2. The zero-order valence-corrected chi connectivity index (χ0v) is 12.9. The van der Waals surface area contributed by atoms with Gasteiger partial charge in [0.1, 0.15) is 11.8 Å². The monoisotopic (exact) mass is 321 g/mol. The quantitative estimate of drug-likeness (QED) is 0.692. The molecule has 0 radical (unpaired) electrons. The predicted octanol–water partition coefficient (Wildman–Crippen LogP) is 1.30. The Labute approximate surface area is 132 Å². The van der Waals surface area contributed by atoms with Gasteiger partial charge in [-0.15, -0.1) is 0 Å². The van der Waals surface area contributed by atoms with E-state index >= 15 is 0 Å². The number of rotatable bonds is 6. The second kappa shape index (κ2) is 7.26. The van der Waals surface area contributed by atoms with Crippen LogP contribution < -0.4 is 0 Å². The first kappa shape index (κ1) is 17.0. The highest BCUT2D eigenvalue weighted by molar-refractivity contribution is 5.95. The number of carbonyl (C=O) groups is 2. The standard InChI is InChI=1S/C16H19NO6/c1-3-22-15(20)12-7-9-5-6-10(8-11(9)17-12)13(18)14(19)16(21)23-4-2/h5-8,13-14,17-19H,3-4H2,1-2H3. The molecule has 0 fully saturated rings. The summed E-state index contributed by atoms with van der Waals surface area (Å²) in [4.78, 5) is 26.1. The Morgan fingerprint density at radius 1 is 1.13 bits per heavy atom. The van der Waals surface area contributed by atoms with Crippen molar-refractivity contribution in [3.63, 3.8) is 0 Å². The first-order chi connectivity index (χ1) is 11.0. The minimum absolute atomic E-state index is 0.112. The van der Waals surface area contributed by atoms with Crippen LogP contribution in [0.1, 0.15) is 36.0 Å². The fourth-order valence-corrected chi connectivity index (χ4v) is 2.19. The van der Waals surface area contributed by atoms with Crippen LogP contribution in [0.5, 0.6) is 0 Å². The lowest BCUT2D eigenvalue weighted by molar-refractivity contribution is -0.159. The molecule has 7 heteroatoms. The van der Waals surface area contributed by atoms with Gasteiger partial charge in [-0.1, -0.05) is 12.1 Å². The lowest BCUT2D eigenvalue weighted by atomic mass is 10.0. The maximum absolute atomic E-state index is 11.7. The Morgan fingerprint density at radius 3 is 2.48 bits per heavy atom. The topological polar surface area (TPSA) is 109 Å². The smallest absolute Gasteiger partial charge is 0.354 e. The number of H-pyrrole nitrogens is 1. The van der Waals surface area contributed by atoms with Gasteiger partial charge in [0.2, 0.25) is 0 Å². The van der Waals surface area contributed by atoms with E-state index < -0.39 is 24.1 Å². The maximum Gasteiger partial charge on any atom is 0.354 e. The zero-order chi connectivity index (χ0) is 17.0. The van der Waals surface area contributed by atoms with E-state index in [1.54, 1.807) is 38.1 Å². The van der Waals surface area contributed by atoms with Gasteiger partial charge in [-0.2, -0.15) is 0 Å². The summed E-state index contributed by atoms with van der Waals surface area (Å²) in [7, 11) is 0. The lowest BCUT2D eigenvalue weighted by Crippen LogP contribution is -2.29. The van der Waals surface area contributed by atoms with Crippen LogP contribution in [0.15, 0.2) is 24.3 Å². The van der Waals surface area contributed by atoms with Gasteiger partial charge < -0.3 is 24.7 Å². The fraction of sp³-hybridized carbons (Fsp3) is 0.375. The predicted molar refractivity (Wildman–Crippen MR) is 81.9 cm³/mol. The molecule has 0 aliphatic rings.